The van der Waals surface area contributed by atoms with E-state index in [1.54, 1.807) is 0 Å². The highest BCUT2D eigenvalue weighted by atomic mass is 35.5. The SMILES string of the molecule is NCC1(c2cccc3c(Cl)[nH]nc23)CCCC1. The van der Waals surface area contributed by atoms with E-state index in [4.69, 9.17) is 17.3 Å². The molecule has 1 heterocycles. The number of nitrogens with two attached hydrogens (primary N) is 1. The number of para-hydroxylation sites is 1. The first-order valence-corrected chi connectivity index (χ1v) is 6.48. The van der Waals surface area contributed by atoms with E-state index in [9.17, 15) is 0 Å². The van der Waals surface area contributed by atoms with Gasteiger partial charge in [-0.25, -0.2) is 0 Å². The fourth-order valence-corrected chi connectivity index (χ4v) is 3.26. The smallest absolute Gasteiger partial charge is 0.132 e. The van der Waals surface area contributed by atoms with Crippen molar-refractivity contribution in [1.82, 2.24) is 10.2 Å². The molecule has 1 saturated carbocycles. The van der Waals surface area contributed by atoms with Gasteiger partial charge in [-0.15, -0.1) is 0 Å². The third-order valence-corrected chi connectivity index (χ3v) is 4.35. The average molecular weight is 250 g/mol. The number of halogens is 1. The molecule has 2 aromatic rings. The molecule has 0 aliphatic heterocycles. The molecule has 0 spiro atoms. The van der Waals surface area contributed by atoms with Crippen LogP contribution in [0.5, 0.6) is 0 Å². The largest absolute Gasteiger partial charge is 0.330 e. The van der Waals surface area contributed by atoms with Crippen molar-refractivity contribution >= 4 is 22.5 Å². The highest BCUT2D eigenvalue weighted by Crippen LogP contribution is 2.43. The molecule has 0 saturated heterocycles. The molecule has 1 aliphatic rings. The van der Waals surface area contributed by atoms with Gasteiger partial charge in [-0.05, 0) is 24.5 Å². The zero-order valence-corrected chi connectivity index (χ0v) is 10.4. The number of benzene rings is 1. The van der Waals surface area contributed by atoms with Gasteiger partial charge in [-0.2, -0.15) is 5.10 Å². The van der Waals surface area contributed by atoms with E-state index in [2.05, 4.69) is 22.3 Å². The summed E-state index contributed by atoms with van der Waals surface area (Å²) in [6.07, 6.45) is 4.83. The lowest BCUT2D eigenvalue weighted by molar-refractivity contribution is 0.456. The van der Waals surface area contributed by atoms with Gasteiger partial charge in [-0.1, -0.05) is 36.6 Å². The summed E-state index contributed by atoms with van der Waals surface area (Å²) >= 11 is 6.09. The molecule has 4 heteroatoms. The Balaban J connectivity index is 2.22. The van der Waals surface area contributed by atoms with Gasteiger partial charge in [0, 0.05) is 17.3 Å². The Kier molecular flexibility index (Phi) is 2.60. The van der Waals surface area contributed by atoms with Crippen LogP contribution in [0.2, 0.25) is 5.15 Å². The molecule has 3 rings (SSSR count). The number of aromatic amines is 1. The highest BCUT2D eigenvalue weighted by Gasteiger charge is 2.36. The number of hydrogen-bond acceptors (Lipinski definition) is 2. The minimum Gasteiger partial charge on any atom is -0.330 e. The maximum atomic E-state index is 6.09. The second-order valence-electron chi connectivity index (χ2n) is 4.93. The second-order valence-corrected chi connectivity index (χ2v) is 5.31. The molecule has 1 aliphatic carbocycles. The number of nitrogens with zero attached hydrogens (tertiary/aromatic N) is 1. The van der Waals surface area contributed by atoms with Gasteiger partial charge >= 0.3 is 0 Å². The molecule has 0 bridgehead atoms. The molecule has 0 amide bonds. The van der Waals surface area contributed by atoms with E-state index in [1.807, 2.05) is 6.07 Å². The first kappa shape index (κ1) is 11.1. The average Bonchev–Trinajstić information content (AvgIpc) is 2.97. The predicted molar refractivity (Wildman–Crippen MR) is 70.3 cm³/mol. The summed E-state index contributed by atoms with van der Waals surface area (Å²) in [6, 6.07) is 6.20. The number of rotatable bonds is 2. The Morgan fingerprint density at radius 1 is 1.35 bits per heavy atom. The van der Waals surface area contributed by atoms with Crippen LogP contribution in [0.15, 0.2) is 18.2 Å². The fraction of sp³-hybridized carbons (Fsp3) is 0.462. The Hall–Kier alpha value is -1.06. The van der Waals surface area contributed by atoms with Gasteiger partial charge in [0.15, 0.2) is 0 Å². The quantitative estimate of drug-likeness (QED) is 0.860. The van der Waals surface area contributed by atoms with Gasteiger partial charge in [0.25, 0.3) is 0 Å². The van der Waals surface area contributed by atoms with Crippen molar-refractivity contribution in [2.24, 2.45) is 5.73 Å². The van der Waals surface area contributed by atoms with Crippen molar-refractivity contribution < 1.29 is 0 Å². The zero-order valence-electron chi connectivity index (χ0n) is 9.67. The Labute approximate surface area is 105 Å². The standard InChI is InChI=1S/C13H16ClN3/c14-12-9-4-3-5-10(11(9)16-17-12)13(8-15)6-1-2-7-13/h3-5H,1-2,6-8,15H2,(H,16,17). The van der Waals surface area contributed by atoms with Crippen LogP contribution in [0.4, 0.5) is 0 Å². The molecule has 1 aromatic heterocycles. The van der Waals surface area contributed by atoms with E-state index in [0.717, 1.165) is 23.7 Å². The van der Waals surface area contributed by atoms with Crippen molar-refractivity contribution in [1.29, 1.82) is 0 Å². The van der Waals surface area contributed by atoms with E-state index in [0.29, 0.717) is 11.7 Å². The maximum absolute atomic E-state index is 6.09. The first-order chi connectivity index (χ1) is 8.27. The summed E-state index contributed by atoms with van der Waals surface area (Å²) in [5, 5.41) is 8.82. The molecule has 1 fully saturated rings. The fourth-order valence-electron chi connectivity index (χ4n) is 3.07. The van der Waals surface area contributed by atoms with Crippen LogP contribution in [-0.4, -0.2) is 16.7 Å². The van der Waals surface area contributed by atoms with E-state index in [-0.39, 0.29) is 5.41 Å². The van der Waals surface area contributed by atoms with Crippen molar-refractivity contribution in [2.45, 2.75) is 31.1 Å². The summed E-state index contributed by atoms with van der Waals surface area (Å²) in [5.41, 5.74) is 8.39. The summed E-state index contributed by atoms with van der Waals surface area (Å²) < 4.78 is 0. The van der Waals surface area contributed by atoms with Gasteiger partial charge < -0.3 is 5.73 Å². The van der Waals surface area contributed by atoms with E-state index >= 15 is 0 Å². The lowest BCUT2D eigenvalue weighted by Crippen LogP contribution is -2.32. The second kappa shape index (κ2) is 4.00. The van der Waals surface area contributed by atoms with Crippen LogP contribution < -0.4 is 5.73 Å². The Morgan fingerprint density at radius 2 is 2.12 bits per heavy atom. The maximum Gasteiger partial charge on any atom is 0.132 e. The highest BCUT2D eigenvalue weighted by molar-refractivity contribution is 6.34. The number of H-pyrrole nitrogens is 1. The molecule has 0 atom stereocenters. The van der Waals surface area contributed by atoms with E-state index in [1.165, 1.54) is 18.4 Å². The van der Waals surface area contributed by atoms with Gasteiger partial charge in [0.1, 0.15) is 5.15 Å². The normalized spacial score (nSPS) is 18.9. The lowest BCUT2D eigenvalue weighted by Gasteiger charge is -2.28. The monoisotopic (exact) mass is 249 g/mol. The van der Waals surface area contributed by atoms with Crippen LogP contribution >= 0.6 is 11.6 Å². The Bertz CT molecular complexity index is 541. The van der Waals surface area contributed by atoms with Crippen LogP contribution in [0.1, 0.15) is 31.2 Å². The molecule has 17 heavy (non-hydrogen) atoms. The van der Waals surface area contributed by atoms with Gasteiger partial charge in [0.2, 0.25) is 0 Å². The number of fused-ring (bicyclic) bond motifs is 1. The minimum absolute atomic E-state index is 0.109. The van der Waals surface area contributed by atoms with Crippen molar-refractivity contribution in [3.05, 3.63) is 28.9 Å². The Morgan fingerprint density at radius 3 is 2.82 bits per heavy atom. The lowest BCUT2D eigenvalue weighted by atomic mass is 9.78. The van der Waals surface area contributed by atoms with E-state index < -0.39 is 0 Å². The molecular formula is C13H16ClN3. The third kappa shape index (κ3) is 1.57. The summed E-state index contributed by atoms with van der Waals surface area (Å²) in [6.45, 7) is 0.691. The number of aromatic nitrogens is 2. The van der Waals surface area contributed by atoms with Crippen LogP contribution in [0, 0.1) is 0 Å². The third-order valence-electron chi connectivity index (χ3n) is 4.06. The summed E-state index contributed by atoms with van der Waals surface area (Å²) in [5.74, 6) is 0. The number of nitrogens with one attached hydrogen (secondary N) is 1. The zero-order chi connectivity index (χ0) is 11.9. The predicted octanol–water partition coefficient (Wildman–Crippen LogP) is 2.99. The molecule has 3 N–H and O–H groups in total. The van der Waals surface area contributed by atoms with Crippen molar-refractivity contribution in [3.8, 4) is 0 Å². The van der Waals surface area contributed by atoms with Crippen LogP contribution in [0.3, 0.4) is 0 Å². The van der Waals surface area contributed by atoms with Gasteiger partial charge in [0.05, 0.1) is 5.52 Å². The molecular weight excluding hydrogens is 234 g/mol. The van der Waals surface area contributed by atoms with Crippen LogP contribution in [0.25, 0.3) is 10.9 Å². The van der Waals surface area contributed by atoms with Gasteiger partial charge in [-0.3, -0.25) is 5.10 Å². The molecule has 0 radical (unpaired) electrons. The summed E-state index contributed by atoms with van der Waals surface area (Å²) in [4.78, 5) is 0. The topological polar surface area (TPSA) is 54.7 Å². The summed E-state index contributed by atoms with van der Waals surface area (Å²) in [7, 11) is 0. The van der Waals surface area contributed by atoms with Crippen LogP contribution in [-0.2, 0) is 5.41 Å². The molecule has 90 valence electrons. The number of hydrogen-bond donors (Lipinski definition) is 2. The molecule has 3 nitrogen and oxygen atoms in total. The van der Waals surface area contributed by atoms with Crippen molar-refractivity contribution in [2.75, 3.05) is 6.54 Å². The van der Waals surface area contributed by atoms with Crippen molar-refractivity contribution in [3.63, 3.8) is 0 Å². The molecule has 0 unspecified atom stereocenters. The first-order valence-electron chi connectivity index (χ1n) is 6.10. The molecule has 1 aromatic carbocycles. The minimum atomic E-state index is 0.109.